The predicted octanol–water partition coefficient (Wildman–Crippen LogP) is 2.91. The van der Waals surface area contributed by atoms with E-state index >= 15 is 0 Å². The standard InChI is InChI=1S/C16H16N4O2/c1-22-15-9-8-14(18-19-15)17-16(21)20-12-6-7-13(20)11-5-3-2-4-10(11)12/h2-5,8-9,12-13H,6-7H2,1H3,(H,17,18,21). The molecule has 3 heterocycles. The van der Waals surface area contributed by atoms with E-state index in [1.54, 1.807) is 12.1 Å². The predicted molar refractivity (Wildman–Crippen MR) is 80.6 cm³/mol. The van der Waals surface area contributed by atoms with Gasteiger partial charge in [0.2, 0.25) is 5.88 Å². The Kier molecular flexibility index (Phi) is 2.96. The van der Waals surface area contributed by atoms with Crippen molar-refractivity contribution >= 4 is 11.8 Å². The molecule has 1 aromatic heterocycles. The van der Waals surface area contributed by atoms with Crippen LogP contribution in [0.5, 0.6) is 5.88 Å². The number of fused-ring (bicyclic) bond motifs is 5. The first-order valence-corrected chi connectivity index (χ1v) is 7.34. The van der Waals surface area contributed by atoms with Crippen molar-refractivity contribution in [1.82, 2.24) is 15.1 Å². The van der Waals surface area contributed by atoms with Gasteiger partial charge >= 0.3 is 6.03 Å². The highest BCUT2D eigenvalue weighted by molar-refractivity contribution is 5.89. The van der Waals surface area contributed by atoms with Crippen molar-refractivity contribution in [3.05, 3.63) is 47.5 Å². The van der Waals surface area contributed by atoms with Gasteiger partial charge in [-0.05, 0) is 30.0 Å². The van der Waals surface area contributed by atoms with Crippen molar-refractivity contribution in [2.45, 2.75) is 24.9 Å². The van der Waals surface area contributed by atoms with Crippen molar-refractivity contribution in [3.8, 4) is 5.88 Å². The summed E-state index contributed by atoms with van der Waals surface area (Å²) in [5.41, 5.74) is 2.55. The number of nitrogens with zero attached hydrogens (tertiary/aromatic N) is 3. The van der Waals surface area contributed by atoms with Crippen LogP contribution in [0.3, 0.4) is 0 Å². The van der Waals surface area contributed by atoms with Crippen LogP contribution in [0.2, 0.25) is 0 Å². The summed E-state index contributed by atoms with van der Waals surface area (Å²) in [7, 11) is 1.53. The number of benzene rings is 1. The molecule has 6 heteroatoms. The molecule has 2 atom stereocenters. The number of ether oxygens (including phenoxy) is 1. The largest absolute Gasteiger partial charge is 0.480 e. The van der Waals surface area contributed by atoms with Crippen molar-refractivity contribution in [3.63, 3.8) is 0 Å². The van der Waals surface area contributed by atoms with Gasteiger partial charge in [0.05, 0.1) is 19.2 Å². The molecule has 0 aliphatic carbocycles. The third-order valence-electron chi connectivity index (χ3n) is 4.42. The molecule has 112 valence electrons. The van der Waals surface area contributed by atoms with E-state index < -0.39 is 0 Å². The van der Waals surface area contributed by atoms with Gasteiger partial charge in [-0.25, -0.2) is 4.79 Å². The summed E-state index contributed by atoms with van der Waals surface area (Å²) in [4.78, 5) is 14.5. The monoisotopic (exact) mass is 296 g/mol. The van der Waals surface area contributed by atoms with Crippen LogP contribution >= 0.6 is 0 Å². The molecule has 1 aromatic carbocycles. The van der Waals surface area contributed by atoms with Gasteiger partial charge in [0, 0.05) is 6.07 Å². The molecule has 0 spiro atoms. The number of hydrogen-bond acceptors (Lipinski definition) is 4. The molecule has 22 heavy (non-hydrogen) atoms. The van der Waals surface area contributed by atoms with Crippen molar-refractivity contribution in [1.29, 1.82) is 0 Å². The Hall–Kier alpha value is -2.63. The summed E-state index contributed by atoms with van der Waals surface area (Å²) >= 11 is 0. The average molecular weight is 296 g/mol. The molecule has 0 radical (unpaired) electrons. The number of anilines is 1. The number of nitrogens with one attached hydrogen (secondary N) is 1. The van der Waals surface area contributed by atoms with Gasteiger partial charge in [-0.1, -0.05) is 24.3 Å². The number of urea groups is 1. The van der Waals surface area contributed by atoms with E-state index in [0.717, 1.165) is 12.8 Å². The molecule has 2 unspecified atom stereocenters. The van der Waals surface area contributed by atoms with Crippen LogP contribution in [0, 0.1) is 0 Å². The maximum Gasteiger partial charge on any atom is 0.324 e. The molecule has 2 aliphatic rings. The number of aromatic nitrogens is 2. The molecule has 2 aromatic rings. The van der Waals surface area contributed by atoms with Crippen LogP contribution in [0.15, 0.2) is 36.4 Å². The third-order valence-corrected chi connectivity index (χ3v) is 4.42. The minimum absolute atomic E-state index is 0.122. The van der Waals surface area contributed by atoms with E-state index in [2.05, 4.69) is 27.6 Å². The fourth-order valence-corrected chi connectivity index (χ4v) is 3.49. The molecule has 1 saturated heterocycles. The number of carbonyl (C=O) groups is 1. The van der Waals surface area contributed by atoms with E-state index in [1.807, 2.05) is 17.0 Å². The maximum absolute atomic E-state index is 12.6. The smallest absolute Gasteiger partial charge is 0.324 e. The zero-order valence-electron chi connectivity index (χ0n) is 12.2. The zero-order chi connectivity index (χ0) is 15.1. The molecule has 6 nitrogen and oxygen atoms in total. The van der Waals surface area contributed by atoms with E-state index in [0.29, 0.717) is 11.7 Å². The minimum Gasteiger partial charge on any atom is -0.480 e. The second kappa shape index (κ2) is 4.98. The lowest BCUT2D eigenvalue weighted by molar-refractivity contribution is 0.197. The number of rotatable bonds is 2. The molecule has 1 fully saturated rings. The van der Waals surface area contributed by atoms with Crippen LogP contribution in [0.1, 0.15) is 36.1 Å². The van der Waals surface area contributed by atoms with Gasteiger partial charge in [-0.3, -0.25) is 5.32 Å². The molecule has 0 saturated carbocycles. The van der Waals surface area contributed by atoms with Gasteiger partial charge in [0.15, 0.2) is 5.82 Å². The molecular weight excluding hydrogens is 280 g/mol. The Labute approximate surface area is 128 Å². The van der Waals surface area contributed by atoms with Crippen molar-refractivity contribution < 1.29 is 9.53 Å². The quantitative estimate of drug-likeness (QED) is 0.925. The summed E-state index contributed by atoms with van der Waals surface area (Å²) in [6.45, 7) is 0. The Morgan fingerprint density at radius 1 is 1.14 bits per heavy atom. The summed E-state index contributed by atoms with van der Waals surface area (Å²) in [5, 5.41) is 10.6. The highest BCUT2D eigenvalue weighted by Gasteiger charge is 2.46. The summed E-state index contributed by atoms with van der Waals surface area (Å²) < 4.78 is 4.96. The maximum atomic E-state index is 12.6. The van der Waals surface area contributed by atoms with Crippen molar-refractivity contribution in [2.24, 2.45) is 0 Å². The van der Waals surface area contributed by atoms with Crippen LogP contribution in [0.4, 0.5) is 10.6 Å². The second-order valence-electron chi connectivity index (χ2n) is 5.54. The minimum atomic E-state index is -0.122. The lowest BCUT2D eigenvalue weighted by Gasteiger charge is -2.22. The number of hydrogen-bond donors (Lipinski definition) is 1. The molecule has 2 amide bonds. The number of methoxy groups -OCH3 is 1. The molecule has 4 rings (SSSR count). The Bertz CT molecular complexity index is 685. The Balaban J connectivity index is 1.55. The first kappa shape index (κ1) is 13.1. The number of amides is 2. The first-order chi connectivity index (χ1) is 10.8. The third kappa shape index (κ3) is 1.91. The fourth-order valence-electron chi connectivity index (χ4n) is 3.49. The normalized spacial score (nSPS) is 21.6. The summed E-state index contributed by atoms with van der Waals surface area (Å²) in [6.07, 6.45) is 2.03. The molecular formula is C16H16N4O2. The van der Waals surface area contributed by atoms with Gasteiger partial charge in [-0.15, -0.1) is 10.2 Å². The van der Waals surface area contributed by atoms with Gasteiger partial charge in [0.1, 0.15) is 0 Å². The van der Waals surface area contributed by atoms with Crippen molar-refractivity contribution in [2.75, 3.05) is 12.4 Å². The van der Waals surface area contributed by atoms with E-state index in [9.17, 15) is 4.79 Å². The topological polar surface area (TPSA) is 67.3 Å². The van der Waals surface area contributed by atoms with Crippen LogP contribution in [-0.4, -0.2) is 28.2 Å². The van der Waals surface area contributed by atoms with Gasteiger partial charge < -0.3 is 9.64 Å². The lowest BCUT2D eigenvalue weighted by Crippen LogP contribution is -2.32. The summed E-state index contributed by atoms with van der Waals surface area (Å²) in [6, 6.07) is 11.9. The fraction of sp³-hybridized carbons (Fsp3) is 0.312. The summed E-state index contributed by atoms with van der Waals surface area (Å²) in [5.74, 6) is 0.854. The average Bonchev–Trinajstić information content (AvgIpc) is 3.13. The van der Waals surface area contributed by atoms with E-state index in [-0.39, 0.29) is 18.1 Å². The van der Waals surface area contributed by atoms with Crippen LogP contribution in [-0.2, 0) is 0 Å². The lowest BCUT2D eigenvalue weighted by atomic mass is 9.92. The zero-order valence-corrected chi connectivity index (χ0v) is 12.2. The Morgan fingerprint density at radius 2 is 1.82 bits per heavy atom. The molecule has 1 N–H and O–H groups in total. The SMILES string of the molecule is COc1ccc(NC(=O)N2C3CCC2c2ccccc23)nn1. The van der Waals surface area contributed by atoms with E-state index in [1.165, 1.54) is 18.2 Å². The highest BCUT2D eigenvalue weighted by Crippen LogP contribution is 2.52. The first-order valence-electron chi connectivity index (χ1n) is 7.34. The van der Waals surface area contributed by atoms with E-state index in [4.69, 9.17) is 4.74 Å². The molecule has 2 bridgehead atoms. The Morgan fingerprint density at radius 3 is 2.36 bits per heavy atom. The van der Waals surface area contributed by atoms with Crippen LogP contribution in [0.25, 0.3) is 0 Å². The highest BCUT2D eigenvalue weighted by atomic mass is 16.5. The van der Waals surface area contributed by atoms with Gasteiger partial charge in [-0.2, -0.15) is 0 Å². The second-order valence-corrected chi connectivity index (χ2v) is 5.54. The van der Waals surface area contributed by atoms with Crippen LogP contribution < -0.4 is 10.1 Å². The number of carbonyl (C=O) groups excluding carboxylic acids is 1. The molecule has 2 aliphatic heterocycles. The van der Waals surface area contributed by atoms with Gasteiger partial charge in [0.25, 0.3) is 0 Å².